The van der Waals surface area contributed by atoms with E-state index in [-0.39, 0.29) is 18.7 Å². The number of amides is 2. The van der Waals surface area contributed by atoms with Crippen LogP contribution in [0.15, 0.2) is 24.3 Å². The molecule has 2 saturated heterocycles. The second-order valence-corrected chi connectivity index (χ2v) is 9.58. The number of nitrogens with one attached hydrogen (secondary N) is 1. The maximum atomic E-state index is 13.8. The van der Waals surface area contributed by atoms with Crippen LogP contribution in [0.4, 0.5) is 0 Å². The second-order valence-electron chi connectivity index (χ2n) is 9.58. The number of carbonyl (C=O) groups excluding carboxylic acids is 4. The van der Waals surface area contributed by atoms with Gasteiger partial charge in [-0.1, -0.05) is 12.1 Å². The van der Waals surface area contributed by atoms with Crippen LogP contribution in [0.25, 0.3) is 0 Å². The lowest BCUT2D eigenvalue weighted by molar-refractivity contribution is -0.164. The molecule has 0 radical (unpaired) electrons. The fourth-order valence-corrected chi connectivity index (χ4v) is 4.65. The third-order valence-electron chi connectivity index (χ3n) is 6.20. The first-order chi connectivity index (χ1) is 15.5. The molecule has 3 rings (SSSR count). The van der Waals surface area contributed by atoms with Gasteiger partial charge in [0, 0.05) is 25.9 Å². The predicted molar refractivity (Wildman–Crippen MR) is 118 cm³/mol. The summed E-state index contributed by atoms with van der Waals surface area (Å²) < 4.78 is 15.4. The lowest BCUT2D eigenvalue weighted by Gasteiger charge is -2.43. The fourth-order valence-electron chi connectivity index (χ4n) is 4.65. The van der Waals surface area contributed by atoms with Crippen molar-refractivity contribution in [2.45, 2.75) is 58.2 Å². The SMILES string of the molecule is COC(=O)[C@H]1C[C@]2(C(=O)N1)C(=O)N(Cc1ccc(OC)cc1)CC[C@H]2CC(=O)OC(C)(C)C. The Hall–Kier alpha value is -3.10. The van der Waals surface area contributed by atoms with Gasteiger partial charge in [0.15, 0.2) is 0 Å². The van der Waals surface area contributed by atoms with Gasteiger partial charge in [0.25, 0.3) is 0 Å². The van der Waals surface area contributed by atoms with E-state index in [4.69, 9.17) is 14.2 Å². The molecule has 2 heterocycles. The van der Waals surface area contributed by atoms with Gasteiger partial charge in [-0.15, -0.1) is 0 Å². The molecule has 2 fully saturated rings. The predicted octanol–water partition coefficient (Wildman–Crippen LogP) is 1.82. The Labute approximate surface area is 193 Å². The highest BCUT2D eigenvalue weighted by molar-refractivity contribution is 6.09. The quantitative estimate of drug-likeness (QED) is 0.509. The Kier molecular flexibility index (Phi) is 7.00. The molecule has 180 valence electrons. The highest BCUT2D eigenvalue weighted by atomic mass is 16.6. The molecule has 1 aromatic carbocycles. The highest BCUT2D eigenvalue weighted by Crippen LogP contribution is 2.46. The number of piperidine rings is 1. The minimum atomic E-state index is -1.53. The van der Waals surface area contributed by atoms with Gasteiger partial charge in [-0.2, -0.15) is 0 Å². The third-order valence-corrected chi connectivity index (χ3v) is 6.20. The molecule has 0 aliphatic carbocycles. The Bertz CT molecular complexity index is 922. The Morgan fingerprint density at radius 1 is 1.15 bits per heavy atom. The van der Waals surface area contributed by atoms with E-state index in [2.05, 4.69) is 5.32 Å². The molecular weight excluding hydrogens is 428 g/mol. The molecule has 1 spiro atoms. The number of hydrogen-bond donors (Lipinski definition) is 1. The van der Waals surface area contributed by atoms with Crippen molar-refractivity contribution in [2.75, 3.05) is 20.8 Å². The lowest BCUT2D eigenvalue weighted by atomic mass is 9.66. The van der Waals surface area contributed by atoms with E-state index < -0.39 is 40.8 Å². The summed E-state index contributed by atoms with van der Waals surface area (Å²) in [6, 6.07) is 6.39. The smallest absolute Gasteiger partial charge is 0.328 e. The highest BCUT2D eigenvalue weighted by Gasteiger charge is 2.62. The van der Waals surface area contributed by atoms with E-state index in [0.29, 0.717) is 25.3 Å². The first-order valence-electron chi connectivity index (χ1n) is 11.0. The minimum Gasteiger partial charge on any atom is -0.497 e. The summed E-state index contributed by atoms with van der Waals surface area (Å²) in [7, 11) is 2.81. The van der Waals surface area contributed by atoms with Crippen LogP contribution in [-0.4, -0.2) is 61.1 Å². The van der Waals surface area contributed by atoms with Crippen LogP contribution >= 0.6 is 0 Å². The van der Waals surface area contributed by atoms with Crippen LogP contribution in [0, 0.1) is 11.3 Å². The zero-order chi connectivity index (χ0) is 24.4. The molecule has 0 unspecified atom stereocenters. The number of benzene rings is 1. The van der Waals surface area contributed by atoms with Crippen LogP contribution < -0.4 is 10.1 Å². The third kappa shape index (κ3) is 5.12. The van der Waals surface area contributed by atoms with Crippen molar-refractivity contribution >= 4 is 23.8 Å². The number of likely N-dealkylation sites (tertiary alicyclic amines) is 1. The summed E-state index contributed by atoms with van der Waals surface area (Å²) in [5.41, 5.74) is -1.33. The number of hydrogen-bond acceptors (Lipinski definition) is 7. The van der Waals surface area contributed by atoms with Crippen molar-refractivity contribution < 1.29 is 33.4 Å². The van der Waals surface area contributed by atoms with Gasteiger partial charge in [-0.25, -0.2) is 4.79 Å². The van der Waals surface area contributed by atoms with E-state index in [9.17, 15) is 19.2 Å². The average Bonchev–Trinajstić information content (AvgIpc) is 3.10. The van der Waals surface area contributed by atoms with Crippen molar-refractivity contribution in [1.29, 1.82) is 0 Å². The number of nitrogens with zero attached hydrogens (tertiary/aromatic N) is 1. The van der Waals surface area contributed by atoms with E-state index in [1.54, 1.807) is 44.9 Å². The van der Waals surface area contributed by atoms with Crippen LogP contribution in [0.1, 0.15) is 45.6 Å². The summed E-state index contributed by atoms with van der Waals surface area (Å²) in [6.07, 6.45) is 0.299. The number of rotatable bonds is 6. The van der Waals surface area contributed by atoms with Crippen molar-refractivity contribution in [3.05, 3.63) is 29.8 Å². The summed E-state index contributed by atoms with van der Waals surface area (Å²) in [5, 5.41) is 2.62. The minimum absolute atomic E-state index is 0.0517. The largest absolute Gasteiger partial charge is 0.497 e. The van der Waals surface area contributed by atoms with Crippen LogP contribution in [0.2, 0.25) is 0 Å². The van der Waals surface area contributed by atoms with Gasteiger partial charge in [0.05, 0.1) is 14.2 Å². The number of esters is 2. The molecule has 33 heavy (non-hydrogen) atoms. The van der Waals surface area contributed by atoms with E-state index in [1.165, 1.54) is 7.11 Å². The summed E-state index contributed by atoms with van der Waals surface area (Å²) >= 11 is 0. The number of ether oxygens (including phenoxy) is 3. The molecule has 2 aliphatic heterocycles. The molecule has 9 heteroatoms. The molecule has 9 nitrogen and oxygen atoms in total. The van der Waals surface area contributed by atoms with Gasteiger partial charge in [-0.05, 0) is 50.8 Å². The molecule has 1 aromatic rings. The zero-order valence-corrected chi connectivity index (χ0v) is 19.8. The first-order valence-corrected chi connectivity index (χ1v) is 11.0. The molecule has 0 aromatic heterocycles. The van der Waals surface area contributed by atoms with Crippen LogP contribution in [0.3, 0.4) is 0 Å². The van der Waals surface area contributed by atoms with E-state index >= 15 is 0 Å². The van der Waals surface area contributed by atoms with Gasteiger partial charge in [0.2, 0.25) is 11.8 Å². The van der Waals surface area contributed by atoms with Crippen molar-refractivity contribution in [3.8, 4) is 5.75 Å². The van der Waals surface area contributed by atoms with Gasteiger partial charge < -0.3 is 24.4 Å². The maximum absolute atomic E-state index is 13.8. The normalized spacial score (nSPS) is 25.1. The number of methoxy groups -OCH3 is 2. The van der Waals surface area contributed by atoms with E-state index in [0.717, 1.165) is 5.56 Å². The van der Waals surface area contributed by atoms with Gasteiger partial charge >= 0.3 is 11.9 Å². The van der Waals surface area contributed by atoms with Gasteiger partial charge in [-0.3, -0.25) is 14.4 Å². The summed E-state index contributed by atoms with van der Waals surface area (Å²) in [6.45, 7) is 5.98. The second kappa shape index (κ2) is 9.41. The van der Waals surface area contributed by atoms with Crippen LogP contribution in [0.5, 0.6) is 5.75 Å². The monoisotopic (exact) mass is 460 g/mol. The first kappa shape index (κ1) is 24.5. The lowest BCUT2D eigenvalue weighted by Crippen LogP contribution is -2.57. The number of carbonyl (C=O) groups is 4. The summed E-state index contributed by atoms with van der Waals surface area (Å²) in [5.74, 6) is -1.90. The van der Waals surface area contributed by atoms with Crippen molar-refractivity contribution in [2.24, 2.45) is 11.3 Å². The Morgan fingerprint density at radius 2 is 1.82 bits per heavy atom. The van der Waals surface area contributed by atoms with Gasteiger partial charge in [0.1, 0.15) is 22.8 Å². The molecule has 2 aliphatic rings. The van der Waals surface area contributed by atoms with Crippen molar-refractivity contribution in [3.63, 3.8) is 0 Å². The average molecular weight is 461 g/mol. The molecule has 1 N–H and O–H groups in total. The van der Waals surface area contributed by atoms with E-state index in [1.807, 2.05) is 12.1 Å². The van der Waals surface area contributed by atoms with Crippen LogP contribution in [-0.2, 0) is 35.2 Å². The molecule has 0 bridgehead atoms. The standard InChI is InChI=1S/C24H32N2O7/c1-23(2,3)33-19(27)12-16-10-11-26(14-15-6-8-17(31-4)9-7-15)22(30)24(16)13-18(20(28)32-5)25-21(24)29/h6-9,16,18H,10-14H2,1-5H3,(H,25,29)/t16-,18+,24-/m0/s1. The summed E-state index contributed by atoms with van der Waals surface area (Å²) in [4.78, 5) is 53.4. The molecule has 3 atom stereocenters. The van der Waals surface area contributed by atoms with Crippen molar-refractivity contribution in [1.82, 2.24) is 10.2 Å². The Balaban J connectivity index is 1.88. The maximum Gasteiger partial charge on any atom is 0.328 e. The molecule has 0 saturated carbocycles. The Morgan fingerprint density at radius 3 is 2.39 bits per heavy atom. The molecular formula is C24H32N2O7. The fraction of sp³-hybridized carbons (Fsp3) is 0.583. The molecule has 2 amide bonds. The zero-order valence-electron chi connectivity index (χ0n) is 19.8. The topological polar surface area (TPSA) is 111 Å².